The van der Waals surface area contributed by atoms with E-state index in [4.69, 9.17) is 5.11 Å². The van der Waals surface area contributed by atoms with Gasteiger partial charge in [0, 0.05) is 6.61 Å². The standard InChI is InChI=1S/C19H19NO3/c21-12-4-3-5-14-8-10-15(11-9-14)13-20-18(22)16-6-1-2-7-17(16)19(20)23/h1-2,6-11,21H,3-5,12-13H2. The van der Waals surface area contributed by atoms with Gasteiger partial charge in [0.1, 0.15) is 0 Å². The van der Waals surface area contributed by atoms with Crippen LogP contribution in [0, 0.1) is 0 Å². The highest BCUT2D eigenvalue weighted by Crippen LogP contribution is 2.24. The molecule has 0 unspecified atom stereocenters. The molecule has 0 radical (unpaired) electrons. The molecular formula is C19H19NO3. The van der Waals surface area contributed by atoms with Gasteiger partial charge in [0.15, 0.2) is 0 Å². The van der Waals surface area contributed by atoms with Crippen molar-refractivity contribution in [1.29, 1.82) is 0 Å². The van der Waals surface area contributed by atoms with Gasteiger partial charge >= 0.3 is 0 Å². The van der Waals surface area contributed by atoms with E-state index in [-0.39, 0.29) is 18.4 Å². The second-order valence-corrected chi connectivity index (χ2v) is 5.74. The van der Waals surface area contributed by atoms with Crippen molar-refractivity contribution in [2.24, 2.45) is 0 Å². The lowest BCUT2D eigenvalue weighted by molar-refractivity contribution is 0.0642. The fourth-order valence-corrected chi connectivity index (χ4v) is 2.82. The van der Waals surface area contributed by atoms with Gasteiger partial charge in [-0.05, 0) is 42.5 Å². The van der Waals surface area contributed by atoms with E-state index >= 15 is 0 Å². The molecule has 4 nitrogen and oxygen atoms in total. The molecule has 4 heteroatoms. The summed E-state index contributed by atoms with van der Waals surface area (Å²) >= 11 is 0. The Labute approximate surface area is 135 Å². The molecule has 1 heterocycles. The molecule has 3 rings (SSSR count). The number of carbonyl (C=O) groups excluding carboxylic acids is 2. The molecule has 23 heavy (non-hydrogen) atoms. The average molecular weight is 309 g/mol. The number of hydrogen-bond donors (Lipinski definition) is 1. The molecule has 0 saturated heterocycles. The Kier molecular flexibility index (Phi) is 4.53. The number of fused-ring (bicyclic) bond motifs is 1. The lowest BCUT2D eigenvalue weighted by Crippen LogP contribution is -2.29. The summed E-state index contributed by atoms with van der Waals surface area (Å²) < 4.78 is 0. The van der Waals surface area contributed by atoms with Gasteiger partial charge in [0.25, 0.3) is 11.8 Å². The molecule has 118 valence electrons. The molecule has 0 atom stereocenters. The van der Waals surface area contributed by atoms with E-state index in [1.807, 2.05) is 24.3 Å². The quantitative estimate of drug-likeness (QED) is 0.659. The van der Waals surface area contributed by atoms with Crippen LogP contribution in [0.3, 0.4) is 0 Å². The third-order valence-corrected chi connectivity index (χ3v) is 4.12. The van der Waals surface area contributed by atoms with Crippen LogP contribution in [0.5, 0.6) is 0 Å². The maximum atomic E-state index is 12.3. The Hall–Kier alpha value is -2.46. The molecule has 2 amide bonds. The lowest BCUT2D eigenvalue weighted by atomic mass is 10.1. The maximum Gasteiger partial charge on any atom is 0.261 e. The van der Waals surface area contributed by atoms with Gasteiger partial charge in [-0.25, -0.2) is 0 Å². The molecule has 0 aromatic heterocycles. The summed E-state index contributed by atoms with van der Waals surface area (Å²) in [6.45, 7) is 0.515. The van der Waals surface area contributed by atoms with E-state index < -0.39 is 0 Å². The van der Waals surface area contributed by atoms with Crippen LogP contribution in [0.15, 0.2) is 48.5 Å². The predicted octanol–water partition coefficient (Wildman–Crippen LogP) is 2.80. The summed E-state index contributed by atoms with van der Waals surface area (Å²) in [7, 11) is 0. The fourth-order valence-electron chi connectivity index (χ4n) is 2.82. The number of hydrogen-bond acceptors (Lipinski definition) is 3. The number of aryl methyl sites for hydroxylation is 1. The number of unbranched alkanes of at least 4 members (excludes halogenated alkanes) is 1. The number of rotatable bonds is 6. The van der Waals surface area contributed by atoms with Gasteiger partial charge in [-0.1, -0.05) is 36.4 Å². The van der Waals surface area contributed by atoms with Crippen molar-refractivity contribution in [2.75, 3.05) is 6.61 Å². The van der Waals surface area contributed by atoms with Gasteiger partial charge in [0.2, 0.25) is 0 Å². The van der Waals surface area contributed by atoms with E-state index in [1.165, 1.54) is 10.5 Å². The van der Waals surface area contributed by atoms with E-state index in [1.54, 1.807) is 24.3 Å². The van der Waals surface area contributed by atoms with Crippen LogP contribution in [0.2, 0.25) is 0 Å². The van der Waals surface area contributed by atoms with Crippen molar-refractivity contribution >= 4 is 11.8 Å². The second kappa shape index (κ2) is 6.75. The number of carbonyl (C=O) groups is 2. The second-order valence-electron chi connectivity index (χ2n) is 5.74. The van der Waals surface area contributed by atoms with Crippen molar-refractivity contribution in [1.82, 2.24) is 4.90 Å². The first kappa shape index (κ1) is 15.4. The predicted molar refractivity (Wildman–Crippen MR) is 87.1 cm³/mol. The summed E-state index contributed by atoms with van der Waals surface area (Å²) in [5.41, 5.74) is 3.10. The van der Waals surface area contributed by atoms with Crippen molar-refractivity contribution < 1.29 is 14.7 Å². The molecule has 1 aliphatic rings. The number of benzene rings is 2. The zero-order valence-electron chi connectivity index (χ0n) is 12.9. The van der Waals surface area contributed by atoms with Gasteiger partial charge in [-0.15, -0.1) is 0 Å². The topological polar surface area (TPSA) is 57.6 Å². The van der Waals surface area contributed by atoms with Crippen LogP contribution in [0.25, 0.3) is 0 Å². The Morgan fingerprint density at radius 2 is 1.35 bits per heavy atom. The zero-order chi connectivity index (χ0) is 16.2. The van der Waals surface area contributed by atoms with Gasteiger partial charge in [-0.2, -0.15) is 0 Å². The molecular weight excluding hydrogens is 290 g/mol. The SMILES string of the molecule is O=C1c2ccccc2C(=O)N1Cc1ccc(CCCCO)cc1. The number of aliphatic hydroxyl groups excluding tert-OH is 1. The number of amides is 2. The normalized spacial score (nSPS) is 13.5. The fraction of sp³-hybridized carbons (Fsp3) is 0.263. The van der Waals surface area contributed by atoms with Crippen molar-refractivity contribution in [3.63, 3.8) is 0 Å². The third-order valence-electron chi connectivity index (χ3n) is 4.12. The number of aliphatic hydroxyl groups is 1. The molecule has 1 N–H and O–H groups in total. The first-order valence-electron chi connectivity index (χ1n) is 7.84. The maximum absolute atomic E-state index is 12.3. The van der Waals surface area contributed by atoms with Crippen LogP contribution in [0.4, 0.5) is 0 Å². The minimum atomic E-state index is -0.224. The zero-order valence-corrected chi connectivity index (χ0v) is 12.9. The molecule has 1 aliphatic heterocycles. The van der Waals surface area contributed by atoms with E-state index in [9.17, 15) is 9.59 Å². The van der Waals surface area contributed by atoms with Crippen LogP contribution >= 0.6 is 0 Å². The van der Waals surface area contributed by atoms with Crippen molar-refractivity contribution in [3.05, 3.63) is 70.8 Å². The van der Waals surface area contributed by atoms with Crippen LogP contribution in [-0.2, 0) is 13.0 Å². The molecule has 2 aromatic carbocycles. The smallest absolute Gasteiger partial charge is 0.261 e. The van der Waals surface area contributed by atoms with E-state index in [0.717, 1.165) is 24.8 Å². The Balaban J connectivity index is 1.68. The minimum absolute atomic E-state index is 0.220. The monoisotopic (exact) mass is 309 g/mol. The lowest BCUT2D eigenvalue weighted by Gasteiger charge is -2.14. The van der Waals surface area contributed by atoms with Gasteiger partial charge in [-0.3, -0.25) is 14.5 Å². The van der Waals surface area contributed by atoms with Gasteiger partial charge < -0.3 is 5.11 Å². The van der Waals surface area contributed by atoms with Crippen LogP contribution in [-0.4, -0.2) is 28.4 Å². The van der Waals surface area contributed by atoms with Crippen LogP contribution < -0.4 is 0 Å². The summed E-state index contributed by atoms with van der Waals surface area (Å²) in [6, 6.07) is 14.9. The largest absolute Gasteiger partial charge is 0.396 e. The third kappa shape index (κ3) is 3.17. The summed E-state index contributed by atoms with van der Waals surface area (Å²) in [5.74, 6) is -0.449. The van der Waals surface area contributed by atoms with E-state index in [2.05, 4.69) is 0 Å². The van der Waals surface area contributed by atoms with Crippen molar-refractivity contribution in [2.45, 2.75) is 25.8 Å². The van der Waals surface area contributed by atoms with Gasteiger partial charge in [0.05, 0.1) is 17.7 Å². The first-order valence-corrected chi connectivity index (χ1v) is 7.84. The highest BCUT2D eigenvalue weighted by Gasteiger charge is 2.34. The molecule has 0 spiro atoms. The summed E-state index contributed by atoms with van der Waals surface area (Å²) in [4.78, 5) is 26.0. The molecule has 0 fully saturated rings. The molecule has 0 aliphatic carbocycles. The minimum Gasteiger partial charge on any atom is -0.396 e. The Morgan fingerprint density at radius 1 is 0.783 bits per heavy atom. The van der Waals surface area contributed by atoms with Crippen molar-refractivity contribution in [3.8, 4) is 0 Å². The van der Waals surface area contributed by atoms with E-state index in [0.29, 0.717) is 17.7 Å². The number of imide groups is 1. The highest BCUT2D eigenvalue weighted by atomic mass is 16.3. The molecule has 0 bridgehead atoms. The summed E-state index contributed by atoms with van der Waals surface area (Å²) in [6.07, 6.45) is 2.68. The first-order chi connectivity index (χ1) is 11.2. The Bertz CT molecular complexity index is 687. The molecule has 2 aromatic rings. The van der Waals surface area contributed by atoms with Crippen LogP contribution in [0.1, 0.15) is 44.7 Å². The Morgan fingerprint density at radius 3 is 1.91 bits per heavy atom. The molecule has 0 saturated carbocycles. The highest BCUT2D eigenvalue weighted by molar-refractivity contribution is 6.21. The summed E-state index contributed by atoms with van der Waals surface area (Å²) in [5, 5.41) is 8.80. The average Bonchev–Trinajstić information content (AvgIpc) is 2.82. The number of nitrogens with zero attached hydrogens (tertiary/aromatic N) is 1.